The van der Waals surface area contributed by atoms with Gasteiger partial charge in [-0.2, -0.15) is 0 Å². The number of aliphatic carboxylic acids is 1. The van der Waals surface area contributed by atoms with Gasteiger partial charge in [-0.05, 0) is 55.7 Å². The molecule has 0 saturated carbocycles. The van der Waals surface area contributed by atoms with E-state index in [0.29, 0.717) is 67.6 Å². The minimum absolute atomic E-state index is 0.195. The van der Waals surface area contributed by atoms with Crippen LogP contribution in [0.4, 0.5) is 4.79 Å². The molecule has 0 fully saturated rings. The van der Waals surface area contributed by atoms with Gasteiger partial charge in [-0.25, -0.2) is 9.59 Å². The van der Waals surface area contributed by atoms with Crippen molar-refractivity contribution in [2.45, 2.75) is 32.3 Å². The number of nitrogens with one attached hydrogen (secondary N) is 1. The molecule has 0 radical (unpaired) electrons. The summed E-state index contributed by atoms with van der Waals surface area (Å²) in [7, 11) is 1.58. The SMILES string of the molecule is CCOC(Cc1ccc(OCCN(CCCCOc2cc(Cl)cc(Cl)c2)C(=O)NCCOC)cc1)C(=O)O. The molecule has 0 aliphatic heterocycles. The van der Waals surface area contributed by atoms with Crippen LogP contribution in [0.3, 0.4) is 0 Å². The third kappa shape index (κ3) is 12.2. The maximum absolute atomic E-state index is 12.7. The molecule has 0 aliphatic rings. The van der Waals surface area contributed by atoms with Crippen molar-refractivity contribution in [2.24, 2.45) is 0 Å². The van der Waals surface area contributed by atoms with Crippen molar-refractivity contribution in [1.29, 1.82) is 0 Å². The zero-order valence-corrected chi connectivity index (χ0v) is 23.3. The number of carbonyl (C=O) groups is 2. The van der Waals surface area contributed by atoms with E-state index in [-0.39, 0.29) is 12.5 Å². The van der Waals surface area contributed by atoms with Crippen molar-refractivity contribution in [3.8, 4) is 11.5 Å². The van der Waals surface area contributed by atoms with Crippen LogP contribution >= 0.6 is 23.2 Å². The normalized spacial score (nSPS) is 11.6. The van der Waals surface area contributed by atoms with Crippen molar-refractivity contribution < 1.29 is 33.6 Å². The quantitative estimate of drug-likeness (QED) is 0.245. The molecule has 210 valence electrons. The molecule has 0 aromatic heterocycles. The van der Waals surface area contributed by atoms with Crippen molar-refractivity contribution in [1.82, 2.24) is 10.2 Å². The first-order valence-electron chi connectivity index (χ1n) is 12.5. The fourth-order valence-corrected chi connectivity index (χ4v) is 4.03. The second kappa shape index (κ2) is 17.7. The summed E-state index contributed by atoms with van der Waals surface area (Å²) in [5, 5.41) is 13.1. The van der Waals surface area contributed by atoms with E-state index >= 15 is 0 Å². The summed E-state index contributed by atoms with van der Waals surface area (Å²) in [5.74, 6) is 0.245. The number of halogens is 2. The summed E-state index contributed by atoms with van der Waals surface area (Å²) in [6.45, 7) is 4.59. The fraction of sp³-hybridized carbons (Fsp3) is 0.481. The lowest BCUT2D eigenvalue weighted by atomic mass is 10.1. The van der Waals surface area contributed by atoms with E-state index < -0.39 is 12.1 Å². The number of hydrogen-bond acceptors (Lipinski definition) is 6. The Morgan fingerprint density at radius 3 is 2.26 bits per heavy atom. The summed E-state index contributed by atoms with van der Waals surface area (Å²) in [5.41, 5.74) is 0.833. The number of carboxylic acid groups (broad SMARTS) is 1. The zero-order valence-electron chi connectivity index (χ0n) is 21.8. The Labute approximate surface area is 233 Å². The van der Waals surface area contributed by atoms with E-state index in [1.165, 1.54) is 0 Å². The maximum Gasteiger partial charge on any atom is 0.333 e. The second-order valence-corrected chi connectivity index (χ2v) is 9.22. The predicted octanol–water partition coefficient (Wildman–Crippen LogP) is 4.92. The van der Waals surface area contributed by atoms with Gasteiger partial charge in [-0.15, -0.1) is 0 Å². The predicted molar refractivity (Wildman–Crippen MR) is 147 cm³/mol. The number of carboxylic acids is 1. The van der Waals surface area contributed by atoms with Gasteiger partial charge in [0.25, 0.3) is 0 Å². The van der Waals surface area contributed by atoms with Crippen LogP contribution in [0.1, 0.15) is 25.3 Å². The number of rotatable bonds is 18. The monoisotopic (exact) mass is 570 g/mol. The highest BCUT2D eigenvalue weighted by Crippen LogP contribution is 2.24. The highest BCUT2D eigenvalue weighted by Gasteiger charge is 2.18. The molecule has 2 aromatic rings. The van der Waals surface area contributed by atoms with E-state index in [4.69, 9.17) is 42.1 Å². The minimum atomic E-state index is -0.989. The van der Waals surface area contributed by atoms with Gasteiger partial charge in [0, 0.05) is 43.3 Å². The Morgan fingerprint density at radius 1 is 0.947 bits per heavy atom. The summed E-state index contributed by atoms with van der Waals surface area (Å²) in [6, 6.07) is 12.0. The first kappa shape index (κ1) is 31.5. The van der Waals surface area contributed by atoms with E-state index in [1.807, 2.05) is 12.1 Å². The number of carbonyl (C=O) groups excluding carboxylic acids is 1. The van der Waals surface area contributed by atoms with Crippen LogP contribution in [0.5, 0.6) is 11.5 Å². The van der Waals surface area contributed by atoms with Crippen molar-refractivity contribution in [3.05, 3.63) is 58.1 Å². The number of methoxy groups -OCH3 is 1. The average molecular weight is 571 g/mol. The van der Waals surface area contributed by atoms with E-state index in [1.54, 1.807) is 49.3 Å². The molecule has 0 spiro atoms. The Kier molecular flexibility index (Phi) is 14.7. The van der Waals surface area contributed by atoms with Gasteiger partial charge < -0.3 is 34.3 Å². The number of benzene rings is 2. The third-order valence-electron chi connectivity index (χ3n) is 5.41. The van der Waals surface area contributed by atoms with Gasteiger partial charge in [0.2, 0.25) is 0 Å². The van der Waals surface area contributed by atoms with Gasteiger partial charge in [0.05, 0.1) is 19.8 Å². The summed E-state index contributed by atoms with van der Waals surface area (Å²) in [6.07, 6.45) is 0.844. The standard InChI is InChI=1S/C27H36Cl2N2O7/c1-3-36-25(26(32)33)16-20-6-8-23(9-7-20)38-15-12-31(27(34)30-10-14-35-2)11-4-5-13-37-24-18-21(28)17-22(29)19-24/h6-9,17-19,25H,3-5,10-16H2,1-2H3,(H,30,34)(H,32,33). The van der Waals surface area contributed by atoms with Gasteiger partial charge in [-0.3, -0.25) is 0 Å². The average Bonchev–Trinajstić information content (AvgIpc) is 2.87. The van der Waals surface area contributed by atoms with Crippen LogP contribution < -0.4 is 14.8 Å². The number of unbranched alkanes of at least 4 members (excludes halogenated alkanes) is 1. The first-order chi connectivity index (χ1) is 18.3. The smallest absolute Gasteiger partial charge is 0.333 e. The molecular weight excluding hydrogens is 535 g/mol. The second-order valence-electron chi connectivity index (χ2n) is 8.35. The molecule has 0 bridgehead atoms. The molecular formula is C27H36Cl2N2O7. The Balaban J connectivity index is 1.82. The van der Waals surface area contributed by atoms with Crippen LogP contribution in [-0.2, 0) is 20.7 Å². The lowest BCUT2D eigenvalue weighted by Gasteiger charge is -2.23. The third-order valence-corrected chi connectivity index (χ3v) is 5.85. The largest absolute Gasteiger partial charge is 0.493 e. The fourth-order valence-electron chi connectivity index (χ4n) is 3.52. The van der Waals surface area contributed by atoms with Crippen molar-refractivity contribution in [2.75, 3.05) is 53.2 Å². The highest BCUT2D eigenvalue weighted by atomic mass is 35.5. The molecule has 38 heavy (non-hydrogen) atoms. The minimum Gasteiger partial charge on any atom is -0.493 e. The van der Waals surface area contributed by atoms with E-state index in [9.17, 15) is 14.7 Å². The Bertz CT molecular complexity index is 972. The molecule has 11 heteroatoms. The van der Waals surface area contributed by atoms with Crippen LogP contribution in [0.25, 0.3) is 0 Å². The topological polar surface area (TPSA) is 107 Å². The molecule has 2 amide bonds. The van der Waals surface area contributed by atoms with Crippen molar-refractivity contribution >= 4 is 35.2 Å². The molecule has 0 heterocycles. The lowest BCUT2D eigenvalue weighted by molar-refractivity contribution is -0.149. The summed E-state index contributed by atoms with van der Waals surface area (Å²) < 4.78 is 21.8. The first-order valence-corrected chi connectivity index (χ1v) is 13.2. The zero-order chi connectivity index (χ0) is 27.8. The number of nitrogens with zero attached hydrogens (tertiary/aromatic N) is 1. The number of amides is 2. The number of ether oxygens (including phenoxy) is 4. The van der Waals surface area contributed by atoms with Crippen LogP contribution in [0.2, 0.25) is 10.0 Å². The Hall–Kier alpha value is -2.72. The van der Waals surface area contributed by atoms with Gasteiger partial charge in [0.1, 0.15) is 18.1 Å². The molecule has 9 nitrogen and oxygen atoms in total. The summed E-state index contributed by atoms with van der Waals surface area (Å²) in [4.78, 5) is 25.6. The molecule has 0 aliphatic carbocycles. The molecule has 1 atom stereocenters. The molecule has 1 unspecified atom stereocenters. The molecule has 2 aromatic carbocycles. The molecule has 2 N–H and O–H groups in total. The number of urea groups is 1. The van der Waals surface area contributed by atoms with Crippen molar-refractivity contribution in [3.63, 3.8) is 0 Å². The van der Waals surface area contributed by atoms with Crippen LogP contribution in [0, 0.1) is 0 Å². The lowest BCUT2D eigenvalue weighted by Crippen LogP contribution is -2.43. The van der Waals surface area contributed by atoms with Crippen LogP contribution in [-0.4, -0.2) is 81.3 Å². The van der Waals surface area contributed by atoms with E-state index in [0.717, 1.165) is 18.4 Å². The van der Waals surface area contributed by atoms with Gasteiger partial charge >= 0.3 is 12.0 Å². The maximum atomic E-state index is 12.7. The van der Waals surface area contributed by atoms with Gasteiger partial charge in [-0.1, -0.05) is 35.3 Å². The summed E-state index contributed by atoms with van der Waals surface area (Å²) >= 11 is 12.0. The highest BCUT2D eigenvalue weighted by molar-refractivity contribution is 6.34. The molecule has 0 saturated heterocycles. The Morgan fingerprint density at radius 2 is 1.63 bits per heavy atom. The molecule has 2 rings (SSSR count). The van der Waals surface area contributed by atoms with Gasteiger partial charge in [0.15, 0.2) is 6.10 Å². The van der Waals surface area contributed by atoms with E-state index in [2.05, 4.69) is 5.32 Å². The number of hydrogen-bond donors (Lipinski definition) is 2. The van der Waals surface area contributed by atoms with Crippen LogP contribution in [0.15, 0.2) is 42.5 Å².